The molecule has 15 heavy (non-hydrogen) atoms. The molecule has 0 saturated heterocycles. The molecule has 0 aromatic carbocycles. The van der Waals surface area contributed by atoms with Crippen molar-refractivity contribution in [1.29, 1.82) is 0 Å². The molecule has 0 bridgehead atoms. The van der Waals surface area contributed by atoms with Crippen LogP contribution in [0.1, 0.15) is 23.8 Å². The van der Waals surface area contributed by atoms with E-state index in [1.54, 1.807) is 11.3 Å². The first-order valence-electron chi connectivity index (χ1n) is 5.21. The molecule has 2 N–H and O–H groups in total. The van der Waals surface area contributed by atoms with Crippen LogP contribution in [-0.4, -0.2) is 25.0 Å². The summed E-state index contributed by atoms with van der Waals surface area (Å²) in [6.07, 6.45) is 1.19. The van der Waals surface area contributed by atoms with E-state index in [0.29, 0.717) is 6.54 Å². The summed E-state index contributed by atoms with van der Waals surface area (Å²) in [6.45, 7) is 4.74. The molecular formula is C12H18N2S. The second-order valence-electron chi connectivity index (χ2n) is 3.50. The number of nitrogens with zero attached hydrogens (tertiary/aromatic N) is 1. The topological polar surface area (TPSA) is 29.3 Å². The minimum absolute atomic E-state index is 0.431. The first kappa shape index (κ1) is 12.3. The fraction of sp³-hybridized carbons (Fsp3) is 0.500. The zero-order valence-electron chi connectivity index (χ0n) is 9.42. The van der Waals surface area contributed by atoms with E-state index in [0.717, 1.165) is 18.7 Å². The molecule has 0 aliphatic heterocycles. The largest absolute Gasteiger partial charge is 0.320 e. The number of hydrogen-bond acceptors (Lipinski definition) is 3. The molecule has 82 valence electrons. The van der Waals surface area contributed by atoms with Crippen LogP contribution in [0.25, 0.3) is 0 Å². The summed E-state index contributed by atoms with van der Waals surface area (Å²) in [7, 11) is 2.14. The first-order chi connectivity index (χ1) is 7.27. The minimum atomic E-state index is 0.431. The monoisotopic (exact) mass is 222 g/mol. The lowest BCUT2D eigenvalue weighted by molar-refractivity contribution is 0.330. The van der Waals surface area contributed by atoms with Crippen LogP contribution < -0.4 is 5.73 Å². The molecular weight excluding hydrogens is 204 g/mol. The van der Waals surface area contributed by atoms with Gasteiger partial charge in [0.05, 0.1) is 6.54 Å². The smallest absolute Gasteiger partial charge is 0.0555 e. The molecule has 3 heteroatoms. The third-order valence-corrected chi connectivity index (χ3v) is 3.00. The maximum Gasteiger partial charge on any atom is 0.0555 e. The third-order valence-electron chi connectivity index (χ3n) is 2.09. The zero-order chi connectivity index (χ0) is 11.1. The van der Waals surface area contributed by atoms with Crippen molar-refractivity contribution in [2.24, 2.45) is 5.73 Å². The van der Waals surface area contributed by atoms with Crippen LogP contribution >= 0.6 is 11.3 Å². The summed E-state index contributed by atoms with van der Waals surface area (Å²) in [5, 5.41) is 2.09. The predicted octanol–water partition coefficient (Wildman–Crippen LogP) is 1.90. The Morgan fingerprint density at radius 1 is 1.53 bits per heavy atom. The maximum atomic E-state index is 5.36. The Balaban J connectivity index is 2.64. The van der Waals surface area contributed by atoms with E-state index >= 15 is 0 Å². The Labute approximate surface area is 96.1 Å². The number of thiophene rings is 1. The molecule has 0 spiro atoms. The average molecular weight is 222 g/mol. The van der Waals surface area contributed by atoms with Crippen molar-refractivity contribution in [2.45, 2.75) is 19.9 Å². The van der Waals surface area contributed by atoms with E-state index in [9.17, 15) is 0 Å². The van der Waals surface area contributed by atoms with Crippen molar-refractivity contribution in [3.8, 4) is 11.8 Å². The predicted molar refractivity (Wildman–Crippen MR) is 66.9 cm³/mol. The van der Waals surface area contributed by atoms with Crippen LogP contribution in [0.4, 0.5) is 0 Å². The van der Waals surface area contributed by atoms with Gasteiger partial charge in [-0.25, -0.2) is 0 Å². The maximum absolute atomic E-state index is 5.36. The van der Waals surface area contributed by atoms with Crippen LogP contribution in [0.5, 0.6) is 0 Å². The fourth-order valence-electron chi connectivity index (χ4n) is 1.43. The summed E-state index contributed by atoms with van der Waals surface area (Å²) in [6, 6.07) is 2.07. The SMILES string of the molecule is CCCN(C)Cc1sccc1C#CCN. The van der Waals surface area contributed by atoms with Gasteiger partial charge in [0.25, 0.3) is 0 Å². The Hall–Kier alpha value is -0.820. The van der Waals surface area contributed by atoms with Gasteiger partial charge < -0.3 is 10.6 Å². The van der Waals surface area contributed by atoms with E-state index in [1.165, 1.54) is 11.3 Å². The second kappa shape index (κ2) is 6.62. The van der Waals surface area contributed by atoms with Gasteiger partial charge in [0.15, 0.2) is 0 Å². The molecule has 1 aromatic rings. The fourth-order valence-corrected chi connectivity index (χ4v) is 2.34. The van der Waals surface area contributed by atoms with Gasteiger partial charge in [0.2, 0.25) is 0 Å². The lowest BCUT2D eigenvalue weighted by Crippen LogP contribution is -2.18. The highest BCUT2D eigenvalue weighted by Crippen LogP contribution is 2.17. The molecule has 0 aliphatic rings. The molecule has 0 fully saturated rings. The van der Waals surface area contributed by atoms with Gasteiger partial charge in [-0.05, 0) is 31.5 Å². The molecule has 0 amide bonds. The molecule has 0 radical (unpaired) electrons. The van der Waals surface area contributed by atoms with Crippen LogP contribution in [0.2, 0.25) is 0 Å². The van der Waals surface area contributed by atoms with Gasteiger partial charge in [-0.15, -0.1) is 11.3 Å². The summed E-state index contributed by atoms with van der Waals surface area (Å²) in [5.74, 6) is 6.01. The Morgan fingerprint density at radius 3 is 3.00 bits per heavy atom. The molecule has 2 nitrogen and oxygen atoms in total. The highest BCUT2D eigenvalue weighted by Gasteiger charge is 2.04. The number of nitrogens with two attached hydrogens (primary N) is 1. The molecule has 1 rings (SSSR count). The second-order valence-corrected chi connectivity index (χ2v) is 4.50. The Bertz CT molecular complexity index is 346. The van der Waals surface area contributed by atoms with E-state index in [4.69, 9.17) is 5.73 Å². The van der Waals surface area contributed by atoms with Crippen LogP contribution in [0, 0.1) is 11.8 Å². The molecule has 0 aliphatic carbocycles. The van der Waals surface area contributed by atoms with Crippen molar-refractivity contribution in [3.05, 3.63) is 21.9 Å². The van der Waals surface area contributed by atoms with Gasteiger partial charge in [-0.1, -0.05) is 18.8 Å². The van der Waals surface area contributed by atoms with Crippen molar-refractivity contribution in [2.75, 3.05) is 20.1 Å². The molecule has 1 aromatic heterocycles. The molecule has 1 heterocycles. The molecule has 0 saturated carbocycles. The highest BCUT2D eigenvalue weighted by atomic mass is 32.1. The third kappa shape index (κ3) is 4.05. The highest BCUT2D eigenvalue weighted by molar-refractivity contribution is 7.10. The Kier molecular flexibility index (Phi) is 5.41. The van der Waals surface area contributed by atoms with Crippen molar-refractivity contribution in [3.63, 3.8) is 0 Å². The summed E-state index contributed by atoms with van der Waals surface area (Å²) < 4.78 is 0. The Morgan fingerprint density at radius 2 is 2.33 bits per heavy atom. The lowest BCUT2D eigenvalue weighted by Gasteiger charge is -2.14. The van der Waals surface area contributed by atoms with Gasteiger partial charge in [0.1, 0.15) is 0 Å². The van der Waals surface area contributed by atoms with Crippen LogP contribution in [-0.2, 0) is 6.54 Å². The molecule has 0 unspecified atom stereocenters. The van der Waals surface area contributed by atoms with Gasteiger partial charge >= 0.3 is 0 Å². The van der Waals surface area contributed by atoms with Crippen molar-refractivity contribution < 1.29 is 0 Å². The summed E-state index contributed by atoms with van der Waals surface area (Å²) in [5.41, 5.74) is 6.50. The zero-order valence-corrected chi connectivity index (χ0v) is 10.2. The van der Waals surface area contributed by atoms with Crippen LogP contribution in [0.15, 0.2) is 11.4 Å². The van der Waals surface area contributed by atoms with E-state index in [1.807, 2.05) is 0 Å². The van der Waals surface area contributed by atoms with E-state index < -0.39 is 0 Å². The van der Waals surface area contributed by atoms with Crippen molar-refractivity contribution in [1.82, 2.24) is 4.90 Å². The van der Waals surface area contributed by atoms with Gasteiger partial charge in [-0.2, -0.15) is 0 Å². The number of rotatable bonds is 4. The minimum Gasteiger partial charge on any atom is -0.320 e. The van der Waals surface area contributed by atoms with Gasteiger partial charge in [-0.3, -0.25) is 0 Å². The molecule has 0 atom stereocenters. The lowest BCUT2D eigenvalue weighted by atomic mass is 10.2. The van der Waals surface area contributed by atoms with E-state index in [2.05, 4.69) is 42.2 Å². The van der Waals surface area contributed by atoms with E-state index in [-0.39, 0.29) is 0 Å². The van der Waals surface area contributed by atoms with Crippen LogP contribution in [0.3, 0.4) is 0 Å². The number of hydrogen-bond donors (Lipinski definition) is 1. The first-order valence-corrected chi connectivity index (χ1v) is 6.09. The normalized spacial score (nSPS) is 10.1. The average Bonchev–Trinajstić information content (AvgIpc) is 2.63. The van der Waals surface area contributed by atoms with Gasteiger partial charge in [0, 0.05) is 17.0 Å². The summed E-state index contributed by atoms with van der Waals surface area (Å²) >= 11 is 1.77. The standard InChI is InChI=1S/C12H18N2S/c1-3-8-14(2)10-12-11(5-4-7-13)6-9-15-12/h6,9H,3,7-8,10,13H2,1-2H3. The van der Waals surface area contributed by atoms with Crippen molar-refractivity contribution >= 4 is 11.3 Å². The quantitative estimate of drug-likeness (QED) is 0.788. The summed E-state index contributed by atoms with van der Waals surface area (Å²) in [4.78, 5) is 3.66.